The van der Waals surface area contributed by atoms with Gasteiger partial charge in [-0.3, -0.25) is 9.59 Å². The normalized spacial score (nSPS) is 22.1. The lowest BCUT2D eigenvalue weighted by Gasteiger charge is -2.34. The molecule has 2 amide bonds. The number of rotatable bonds is 6. The quantitative estimate of drug-likeness (QED) is 0.737. The molecule has 166 valence electrons. The number of anilines is 1. The van der Waals surface area contributed by atoms with E-state index in [1.807, 2.05) is 20.8 Å². The summed E-state index contributed by atoms with van der Waals surface area (Å²) in [5.74, 6) is -0.183. The fourth-order valence-corrected chi connectivity index (χ4v) is 5.87. The highest BCUT2D eigenvalue weighted by Gasteiger charge is 2.36. The first-order chi connectivity index (χ1) is 14.2. The highest BCUT2D eigenvalue weighted by atomic mass is 32.2. The van der Waals surface area contributed by atoms with Crippen LogP contribution in [0.25, 0.3) is 0 Å². The van der Waals surface area contributed by atoms with E-state index in [-0.39, 0.29) is 29.2 Å². The van der Waals surface area contributed by atoms with Crippen LogP contribution < -0.4 is 10.1 Å². The third-order valence-corrected chi connectivity index (χ3v) is 7.90. The molecule has 1 aromatic carbocycles. The molecule has 2 aliphatic heterocycles. The Morgan fingerprint density at radius 3 is 2.60 bits per heavy atom. The van der Waals surface area contributed by atoms with Crippen LogP contribution in [0.3, 0.4) is 0 Å². The van der Waals surface area contributed by atoms with Gasteiger partial charge in [0.15, 0.2) is 6.10 Å². The van der Waals surface area contributed by atoms with Crippen molar-refractivity contribution in [2.24, 2.45) is 5.92 Å². The highest BCUT2D eigenvalue weighted by molar-refractivity contribution is 7.89. The van der Waals surface area contributed by atoms with Crippen molar-refractivity contribution in [1.29, 1.82) is 0 Å². The van der Waals surface area contributed by atoms with Crippen molar-refractivity contribution in [1.82, 2.24) is 9.21 Å². The topological polar surface area (TPSA) is 96.0 Å². The van der Waals surface area contributed by atoms with E-state index < -0.39 is 16.1 Å². The van der Waals surface area contributed by atoms with Gasteiger partial charge in [0.05, 0.1) is 16.5 Å². The molecule has 9 heteroatoms. The molecule has 2 atom stereocenters. The first-order valence-corrected chi connectivity index (χ1v) is 12.1. The molecule has 0 radical (unpaired) electrons. The number of carbonyl (C=O) groups excluding carboxylic acids is 2. The lowest BCUT2D eigenvalue weighted by Crippen LogP contribution is -2.46. The molecule has 1 N–H and O–H groups in total. The number of carbonyl (C=O) groups is 2. The summed E-state index contributed by atoms with van der Waals surface area (Å²) in [6.07, 6.45) is 1.19. The smallest absolute Gasteiger partial charge is 0.265 e. The Morgan fingerprint density at radius 1 is 1.27 bits per heavy atom. The summed E-state index contributed by atoms with van der Waals surface area (Å²) in [7, 11) is -3.80. The minimum Gasteiger partial charge on any atom is -0.478 e. The van der Waals surface area contributed by atoms with Gasteiger partial charge in [-0.15, -0.1) is 0 Å². The van der Waals surface area contributed by atoms with E-state index >= 15 is 0 Å². The van der Waals surface area contributed by atoms with Crippen LogP contribution in [0.4, 0.5) is 5.69 Å². The van der Waals surface area contributed by atoms with Gasteiger partial charge < -0.3 is 15.0 Å². The van der Waals surface area contributed by atoms with Gasteiger partial charge in [0, 0.05) is 32.2 Å². The van der Waals surface area contributed by atoms with Gasteiger partial charge in [-0.1, -0.05) is 6.92 Å². The molecule has 0 unspecified atom stereocenters. The highest BCUT2D eigenvalue weighted by Crippen LogP contribution is 2.36. The van der Waals surface area contributed by atoms with E-state index in [0.29, 0.717) is 55.9 Å². The van der Waals surface area contributed by atoms with Crippen molar-refractivity contribution < 1.29 is 22.7 Å². The molecule has 1 fully saturated rings. The largest absolute Gasteiger partial charge is 0.478 e. The third kappa shape index (κ3) is 4.18. The molecule has 0 saturated carbocycles. The van der Waals surface area contributed by atoms with Crippen molar-refractivity contribution in [2.75, 3.05) is 31.5 Å². The van der Waals surface area contributed by atoms with Crippen molar-refractivity contribution in [3.8, 4) is 5.75 Å². The zero-order chi connectivity index (χ0) is 22.1. The number of nitrogens with one attached hydrogen (secondary N) is 1. The van der Waals surface area contributed by atoms with Crippen molar-refractivity contribution in [3.63, 3.8) is 0 Å². The number of amides is 2. The van der Waals surface area contributed by atoms with E-state index in [1.54, 1.807) is 17.9 Å². The number of aryl methyl sites for hydroxylation is 1. The monoisotopic (exact) mass is 437 g/mol. The van der Waals surface area contributed by atoms with E-state index in [0.717, 1.165) is 0 Å². The Balaban J connectivity index is 1.88. The van der Waals surface area contributed by atoms with Crippen molar-refractivity contribution >= 4 is 27.5 Å². The summed E-state index contributed by atoms with van der Waals surface area (Å²) in [6.45, 7) is 9.19. The molecular weight excluding hydrogens is 406 g/mol. The zero-order valence-corrected chi connectivity index (χ0v) is 18.9. The number of piperidine rings is 1. The Kier molecular flexibility index (Phi) is 6.71. The molecule has 8 nitrogen and oxygen atoms in total. The SMILES string of the molecule is CC[C@H]1Oc2cc(S(=O)(=O)N3CCC[C@H](C(=O)N(CC)CC)C3)c(C)cc2NC1=O. The second-order valence-electron chi connectivity index (χ2n) is 7.83. The molecule has 3 rings (SSSR count). The second-order valence-corrected chi connectivity index (χ2v) is 9.74. The molecule has 2 heterocycles. The van der Waals surface area contributed by atoms with Crippen LogP contribution in [-0.2, 0) is 19.6 Å². The van der Waals surface area contributed by atoms with E-state index in [4.69, 9.17) is 4.74 Å². The molecule has 1 aromatic rings. The maximum absolute atomic E-state index is 13.4. The maximum Gasteiger partial charge on any atom is 0.265 e. The predicted octanol–water partition coefficient (Wildman–Crippen LogP) is 2.37. The average Bonchev–Trinajstić information content (AvgIpc) is 2.73. The molecular formula is C21H31N3O5S. The average molecular weight is 438 g/mol. The minimum atomic E-state index is -3.80. The predicted molar refractivity (Wildman–Crippen MR) is 114 cm³/mol. The Labute approximate surface area is 178 Å². The van der Waals surface area contributed by atoms with Crippen LogP contribution in [0.15, 0.2) is 17.0 Å². The lowest BCUT2D eigenvalue weighted by molar-refractivity contribution is -0.136. The van der Waals surface area contributed by atoms with Crippen LogP contribution in [0.1, 0.15) is 45.6 Å². The molecule has 30 heavy (non-hydrogen) atoms. The van der Waals surface area contributed by atoms with Crippen LogP contribution in [-0.4, -0.2) is 61.7 Å². The summed E-state index contributed by atoms with van der Waals surface area (Å²) in [6, 6.07) is 3.13. The van der Waals surface area contributed by atoms with Crippen molar-refractivity contribution in [3.05, 3.63) is 17.7 Å². The minimum absolute atomic E-state index is 0.0129. The number of benzene rings is 1. The van der Waals surface area contributed by atoms with Gasteiger partial charge in [-0.05, 0) is 51.7 Å². The standard InChI is InChI=1S/C21H31N3O5S/c1-5-17-20(25)22-16-11-14(4)19(12-18(16)29-17)30(27,28)24-10-8-9-15(13-24)21(26)23(6-2)7-3/h11-12,15,17H,5-10,13H2,1-4H3,(H,22,25)/t15-,17+/m0/s1. The number of fused-ring (bicyclic) bond motifs is 1. The second kappa shape index (κ2) is 8.93. The van der Waals surface area contributed by atoms with Gasteiger partial charge >= 0.3 is 0 Å². The number of hydrogen-bond acceptors (Lipinski definition) is 5. The number of sulfonamides is 1. The first kappa shape index (κ1) is 22.6. The van der Waals surface area contributed by atoms with Crippen LogP contribution in [0, 0.1) is 12.8 Å². The molecule has 0 aromatic heterocycles. The molecule has 0 aliphatic carbocycles. The fourth-order valence-electron chi connectivity index (χ4n) is 4.13. The van der Waals surface area contributed by atoms with Gasteiger partial charge in [0.25, 0.3) is 5.91 Å². The molecule has 1 saturated heterocycles. The summed E-state index contributed by atoms with van der Waals surface area (Å²) in [5.41, 5.74) is 1.01. The zero-order valence-electron chi connectivity index (χ0n) is 18.1. The molecule has 0 spiro atoms. The van der Waals surface area contributed by atoms with Gasteiger partial charge in [0.2, 0.25) is 15.9 Å². The number of hydrogen-bond donors (Lipinski definition) is 1. The van der Waals surface area contributed by atoms with Gasteiger partial charge in [-0.2, -0.15) is 4.31 Å². The summed E-state index contributed by atoms with van der Waals surface area (Å²) in [4.78, 5) is 26.7. The van der Waals surface area contributed by atoms with Crippen molar-refractivity contribution in [2.45, 2.75) is 58.0 Å². The summed E-state index contributed by atoms with van der Waals surface area (Å²) in [5, 5.41) is 2.78. The van der Waals surface area contributed by atoms with Crippen LogP contribution >= 0.6 is 0 Å². The van der Waals surface area contributed by atoms with Crippen LogP contribution in [0.5, 0.6) is 5.75 Å². The van der Waals surface area contributed by atoms with E-state index in [9.17, 15) is 18.0 Å². The van der Waals surface area contributed by atoms with E-state index in [2.05, 4.69) is 5.32 Å². The number of ether oxygens (including phenoxy) is 1. The Bertz CT molecular complexity index is 927. The van der Waals surface area contributed by atoms with E-state index in [1.165, 1.54) is 10.4 Å². The van der Waals surface area contributed by atoms with Gasteiger partial charge in [0.1, 0.15) is 5.75 Å². The maximum atomic E-state index is 13.4. The molecule has 2 aliphatic rings. The lowest BCUT2D eigenvalue weighted by atomic mass is 9.98. The first-order valence-electron chi connectivity index (χ1n) is 10.6. The summed E-state index contributed by atoms with van der Waals surface area (Å²) < 4.78 is 34.0. The van der Waals surface area contributed by atoms with Crippen LogP contribution in [0.2, 0.25) is 0 Å². The summed E-state index contributed by atoms with van der Waals surface area (Å²) >= 11 is 0. The fraction of sp³-hybridized carbons (Fsp3) is 0.619. The Hall–Kier alpha value is -2.13. The number of nitrogens with zero attached hydrogens (tertiary/aromatic N) is 2. The Morgan fingerprint density at radius 2 is 1.97 bits per heavy atom. The third-order valence-electron chi connectivity index (χ3n) is 5.89. The molecule has 0 bridgehead atoms. The van der Waals surface area contributed by atoms with Gasteiger partial charge in [-0.25, -0.2) is 8.42 Å².